The lowest BCUT2D eigenvalue weighted by Gasteiger charge is -2.38. The fourth-order valence-electron chi connectivity index (χ4n) is 2.79. The van der Waals surface area contributed by atoms with Crippen LogP contribution in [0.25, 0.3) is 11.3 Å². The van der Waals surface area contributed by atoms with Gasteiger partial charge in [-0.2, -0.15) is 0 Å². The normalized spacial score (nSPS) is 23.9. The standard InChI is InChI=1S/C16H21N3O/c1-12-9-17-10-13(2)19(12)11-15-8-16(20-18-15)14-6-4-3-5-7-14/h3-8,12-13,17H,9-11H2,1-2H3/t12-,13+. The van der Waals surface area contributed by atoms with Crippen LogP contribution in [0.15, 0.2) is 40.9 Å². The Balaban J connectivity index is 1.74. The Morgan fingerprint density at radius 1 is 1.20 bits per heavy atom. The van der Waals surface area contributed by atoms with Crippen LogP contribution in [-0.2, 0) is 6.54 Å². The quantitative estimate of drug-likeness (QED) is 0.931. The lowest BCUT2D eigenvalue weighted by atomic mass is 10.1. The molecule has 20 heavy (non-hydrogen) atoms. The monoisotopic (exact) mass is 271 g/mol. The molecule has 0 bridgehead atoms. The number of nitrogens with one attached hydrogen (secondary N) is 1. The second-order valence-electron chi connectivity index (χ2n) is 5.58. The number of aromatic nitrogens is 1. The van der Waals surface area contributed by atoms with Crippen molar-refractivity contribution >= 4 is 0 Å². The van der Waals surface area contributed by atoms with E-state index in [1.807, 2.05) is 30.3 Å². The average molecular weight is 271 g/mol. The van der Waals surface area contributed by atoms with Crippen LogP contribution < -0.4 is 5.32 Å². The molecule has 1 N–H and O–H groups in total. The van der Waals surface area contributed by atoms with Gasteiger partial charge in [-0.15, -0.1) is 0 Å². The molecule has 0 aliphatic carbocycles. The molecular weight excluding hydrogens is 250 g/mol. The van der Waals surface area contributed by atoms with Gasteiger partial charge >= 0.3 is 0 Å². The number of nitrogens with zero attached hydrogens (tertiary/aromatic N) is 2. The lowest BCUT2D eigenvalue weighted by Crippen LogP contribution is -2.54. The van der Waals surface area contributed by atoms with Crippen LogP contribution >= 0.6 is 0 Å². The number of hydrogen-bond acceptors (Lipinski definition) is 4. The highest BCUT2D eigenvalue weighted by atomic mass is 16.5. The third kappa shape index (κ3) is 2.76. The van der Waals surface area contributed by atoms with E-state index in [0.717, 1.165) is 36.7 Å². The molecule has 0 saturated carbocycles. The zero-order chi connectivity index (χ0) is 13.9. The van der Waals surface area contributed by atoms with E-state index in [-0.39, 0.29) is 0 Å². The van der Waals surface area contributed by atoms with Crippen LogP contribution in [0.3, 0.4) is 0 Å². The summed E-state index contributed by atoms with van der Waals surface area (Å²) in [6.07, 6.45) is 0. The van der Waals surface area contributed by atoms with Gasteiger partial charge in [-0.1, -0.05) is 35.5 Å². The highest BCUT2D eigenvalue weighted by molar-refractivity contribution is 5.56. The minimum Gasteiger partial charge on any atom is -0.356 e. The molecule has 1 aromatic heterocycles. The second kappa shape index (κ2) is 5.77. The van der Waals surface area contributed by atoms with Gasteiger partial charge < -0.3 is 9.84 Å². The first-order chi connectivity index (χ1) is 9.74. The highest BCUT2D eigenvalue weighted by Gasteiger charge is 2.25. The van der Waals surface area contributed by atoms with Gasteiger partial charge in [0.25, 0.3) is 0 Å². The van der Waals surface area contributed by atoms with Crippen molar-refractivity contribution in [3.05, 3.63) is 42.1 Å². The van der Waals surface area contributed by atoms with Crippen molar-refractivity contribution in [1.82, 2.24) is 15.4 Å². The molecule has 1 fully saturated rings. The molecule has 0 spiro atoms. The predicted molar refractivity (Wildman–Crippen MR) is 79.3 cm³/mol. The van der Waals surface area contributed by atoms with Crippen molar-refractivity contribution in [3.8, 4) is 11.3 Å². The van der Waals surface area contributed by atoms with Crippen LogP contribution in [0.1, 0.15) is 19.5 Å². The minimum absolute atomic E-state index is 0.524. The van der Waals surface area contributed by atoms with Crippen molar-refractivity contribution in [2.75, 3.05) is 13.1 Å². The molecule has 1 aliphatic heterocycles. The molecule has 1 saturated heterocycles. The van der Waals surface area contributed by atoms with Crippen molar-refractivity contribution in [1.29, 1.82) is 0 Å². The molecule has 0 amide bonds. The van der Waals surface area contributed by atoms with Crippen LogP contribution in [0.4, 0.5) is 0 Å². The molecule has 1 aliphatic rings. The van der Waals surface area contributed by atoms with E-state index in [0.29, 0.717) is 12.1 Å². The Kier molecular flexibility index (Phi) is 3.85. The maximum Gasteiger partial charge on any atom is 0.167 e. The zero-order valence-corrected chi connectivity index (χ0v) is 12.0. The Labute approximate surface area is 119 Å². The van der Waals surface area contributed by atoms with Crippen LogP contribution in [0.5, 0.6) is 0 Å². The Morgan fingerprint density at radius 2 is 1.90 bits per heavy atom. The topological polar surface area (TPSA) is 41.3 Å². The van der Waals surface area contributed by atoms with Crippen LogP contribution in [0.2, 0.25) is 0 Å². The summed E-state index contributed by atoms with van der Waals surface area (Å²) in [6.45, 7) is 7.42. The molecule has 3 rings (SSSR count). The van der Waals surface area contributed by atoms with Gasteiger partial charge in [-0.3, -0.25) is 4.90 Å². The SMILES string of the molecule is C[C@@H]1CNC[C@H](C)N1Cc1cc(-c2ccccc2)on1. The summed E-state index contributed by atoms with van der Waals surface area (Å²) in [5.41, 5.74) is 2.08. The average Bonchev–Trinajstić information content (AvgIpc) is 2.93. The van der Waals surface area contributed by atoms with E-state index < -0.39 is 0 Å². The summed E-state index contributed by atoms with van der Waals surface area (Å²) >= 11 is 0. The van der Waals surface area contributed by atoms with Crippen molar-refractivity contribution in [2.45, 2.75) is 32.5 Å². The molecule has 1 aromatic carbocycles. The van der Waals surface area contributed by atoms with Crippen LogP contribution in [-0.4, -0.2) is 35.2 Å². The highest BCUT2D eigenvalue weighted by Crippen LogP contribution is 2.21. The van der Waals surface area contributed by atoms with Crippen molar-refractivity contribution < 1.29 is 4.52 Å². The molecule has 2 heterocycles. The smallest absolute Gasteiger partial charge is 0.167 e. The molecular formula is C16H21N3O. The summed E-state index contributed by atoms with van der Waals surface area (Å²) in [6, 6.07) is 13.2. The van der Waals surface area contributed by atoms with Gasteiger partial charge in [0.1, 0.15) is 0 Å². The third-order valence-electron chi connectivity index (χ3n) is 3.97. The van der Waals surface area contributed by atoms with Gasteiger partial charge in [0.15, 0.2) is 5.76 Å². The molecule has 4 nitrogen and oxygen atoms in total. The largest absolute Gasteiger partial charge is 0.356 e. The Hall–Kier alpha value is -1.65. The fraction of sp³-hybridized carbons (Fsp3) is 0.438. The summed E-state index contributed by atoms with van der Waals surface area (Å²) in [5.74, 6) is 0.844. The lowest BCUT2D eigenvalue weighted by molar-refractivity contribution is 0.106. The third-order valence-corrected chi connectivity index (χ3v) is 3.97. The van der Waals surface area contributed by atoms with E-state index in [9.17, 15) is 0 Å². The summed E-state index contributed by atoms with van der Waals surface area (Å²) in [4.78, 5) is 2.48. The first kappa shape index (κ1) is 13.3. The molecule has 0 radical (unpaired) electrons. The van der Waals surface area contributed by atoms with Crippen molar-refractivity contribution in [3.63, 3.8) is 0 Å². The summed E-state index contributed by atoms with van der Waals surface area (Å²) < 4.78 is 5.47. The number of rotatable bonds is 3. The van der Waals surface area contributed by atoms with Gasteiger partial charge in [-0.25, -0.2) is 0 Å². The Morgan fingerprint density at radius 3 is 2.60 bits per heavy atom. The van der Waals surface area contributed by atoms with Crippen LogP contribution in [0, 0.1) is 0 Å². The van der Waals surface area contributed by atoms with Gasteiger partial charge in [0.05, 0.1) is 5.69 Å². The number of benzene rings is 1. The second-order valence-corrected chi connectivity index (χ2v) is 5.58. The van der Waals surface area contributed by atoms with Gasteiger partial charge in [-0.05, 0) is 13.8 Å². The fourth-order valence-corrected chi connectivity index (χ4v) is 2.79. The molecule has 2 aromatic rings. The van der Waals surface area contributed by atoms with E-state index in [2.05, 4.69) is 35.3 Å². The van der Waals surface area contributed by atoms with E-state index in [1.54, 1.807) is 0 Å². The molecule has 0 unspecified atom stereocenters. The number of hydrogen-bond donors (Lipinski definition) is 1. The van der Waals surface area contributed by atoms with E-state index in [1.165, 1.54) is 0 Å². The summed E-state index contributed by atoms with van der Waals surface area (Å²) in [5, 5.41) is 7.66. The summed E-state index contributed by atoms with van der Waals surface area (Å²) in [7, 11) is 0. The molecule has 4 heteroatoms. The van der Waals surface area contributed by atoms with Gasteiger partial charge in [0.2, 0.25) is 0 Å². The zero-order valence-electron chi connectivity index (χ0n) is 12.0. The maximum absolute atomic E-state index is 5.47. The predicted octanol–water partition coefficient (Wildman–Crippen LogP) is 2.52. The number of piperazine rings is 1. The van der Waals surface area contributed by atoms with Crippen molar-refractivity contribution in [2.24, 2.45) is 0 Å². The van der Waals surface area contributed by atoms with E-state index in [4.69, 9.17) is 4.52 Å². The first-order valence-corrected chi connectivity index (χ1v) is 7.21. The maximum atomic E-state index is 5.47. The van der Waals surface area contributed by atoms with Gasteiger partial charge in [0, 0.05) is 43.3 Å². The Bertz CT molecular complexity index is 542. The van der Waals surface area contributed by atoms with E-state index >= 15 is 0 Å². The minimum atomic E-state index is 0.524. The molecule has 2 atom stereocenters. The first-order valence-electron chi connectivity index (χ1n) is 7.21. The molecule has 106 valence electrons.